The van der Waals surface area contributed by atoms with E-state index in [2.05, 4.69) is 4.90 Å². The first kappa shape index (κ1) is 15.5. The van der Waals surface area contributed by atoms with Crippen LogP contribution in [-0.2, 0) is 14.9 Å². The second kappa shape index (κ2) is 4.50. The molecule has 25 heavy (non-hydrogen) atoms. The van der Waals surface area contributed by atoms with E-state index in [-0.39, 0.29) is 11.9 Å². The van der Waals surface area contributed by atoms with Crippen LogP contribution in [0.5, 0.6) is 11.5 Å². The van der Waals surface area contributed by atoms with Crippen LogP contribution >= 0.6 is 0 Å². The highest BCUT2D eigenvalue weighted by Gasteiger charge is 2.79. The summed E-state index contributed by atoms with van der Waals surface area (Å²) in [6.07, 6.45) is 3.84. The lowest BCUT2D eigenvalue weighted by atomic mass is 9.53. The minimum atomic E-state index is -1.52. The Balaban J connectivity index is 1.88. The third-order valence-electron chi connectivity index (χ3n) is 7.08. The number of rotatable bonds is 2. The average molecular weight is 345 g/mol. The smallest absolute Gasteiger partial charge is 0.245 e. The molecule has 0 aromatic heterocycles. The molecule has 1 spiro atoms. The van der Waals surface area contributed by atoms with Gasteiger partial charge >= 0.3 is 0 Å². The zero-order chi connectivity index (χ0) is 17.6. The van der Waals surface area contributed by atoms with Crippen molar-refractivity contribution >= 4 is 0 Å². The quantitative estimate of drug-likeness (QED) is 0.852. The highest BCUT2D eigenvalue weighted by molar-refractivity contribution is 5.61. The molecule has 0 radical (unpaired) electrons. The number of phenolic OH excluding ortho intramolecular Hbond substituents is 1. The topological polar surface area (TPSA) is 71.4 Å². The maximum atomic E-state index is 11.7. The van der Waals surface area contributed by atoms with Gasteiger partial charge in [-0.3, -0.25) is 4.90 Å². The van der Waals surface area contributed by atoms with Crippen molar-refractivity contribution in [3.8, 4) is 11.5 Å². The summed E-state index contributed by atoms with van der Waals surface area (Å²) < 4.78 is 17.1. The molecular formula is C19H23NO5. The zero-order valence-electron chi connectivity index (χ0n) is 14.7. The molecule has 0 unspecified atom stereocenters. The van der Waals surface area contributed by atoms with Crippen molar-refractivity contribution in [3.63, 3.8) is 0 Å². The highest BCUT2D eigenvalue weighted by Crippen LogP contribution is 2.72. The number of likely N-dealkylation sites (N-methyl/N-ethyl adjacent to an activating group) is 1. The minimum absolute atomic E-state index is 0.173. The number of ether oxygens (including phenoxy) is 3. The van der Waals surface area contributed by atoms with Gasteiger partial charge in [-0.2, -0.15) is 0 Å². The Kier molecular flexibility index (Phi) is 2.79. The number of hydrogen-bond acceptors (Lipinski definition) is 6. The van der Waals surface area contributed by atoms with Crippen LogP contribution < -0.4 is 4.74 Å². The molecule has 0 saturated carbocycles. The Morgan fingerprint density at radius 2 is 2.08 bits per heavy atom. The molecule has 6 heteroatoms. The molecule has 2 heterocycles. The van der Waals surface area contributed by atoms with Gasteiger partial charge in [-0.1, -0.05) is 6.07 Å². The summed E-state index contributed by atoms with van der Waals surface area (Å²) in [5.74, 6) is -0.413. The van der Waals surface area contributed by atoms with E-state index in [1.165, 1.54) is 0 Å². The van der Waals surface area contributed by atoms with Crippen LogP contribution in [-0.4, -0.2) is 54.3 Å². The van der Waals surface area contributed by atoms with E-state index in [0.29, 0.717) is 24.4 Å². The molecule has 4 atom stereocenters. The molecule has 5 rings (SSSR count). The maximum Gasteiger partial charge on any atom is 0.245 e. The number of aromatic hydroxyl groups is 1. The fourth-order valence-corrected chi connectivity index (χ4v) is 6.10. The molecule has 1 aromatic rings. The van der Waals surface area contributed by atoms with Gasteiger partial charge in [0.15, 0.2) is 17.3 Å². The van der Waals surface area contributed by atoms with Gasteiger partial charge in [0.25, 0.3) is 0 Å². The van der Waals surface area contributed by atoms with Gasteiger partial charge < -0.3 is 24.4 Å². The minimum Gasteiger partial charge on any atom is -0.504 e. The lowest BCUT2D eigenvalue weighted by Crippen LogP contribution is -2.69. The number of aliphatic hydroxyl groups is 1. The van der Waals surface area contributed by atoms with E-state index < -0.39 is 16.7 Å². The summed E-state index contributed by atoms with van der Waals surface area (Å²) in [6, 6.07) is 3.74. The molecule has 2 bridgehead atoms. The Hall–Kier alpha value is -1.76. The third-order valence-corrected chi connectivity index (χ3v) is 7.08. The van der Waals surface area contributed by atoms with Gasteiger partial charge in [0.05, 0.1) is 25.9 Å². The first-order chi connectivity index (χ1) is 11.9. The van der Waals surface area contributed by atoms with Crippen molar-refractivity contribution in [3.05, 3.63) is 35.1 Å². The van der Waals surface area contributed by atoms with Crippen LogP contribution in [0.15, 0.2) is 24.0 Å². The lowest BCUT2D eigenvalue weighted by Gasteiger charge is -2.56. The predicted octanol–water partition coefficient (Wildman–Crippen LogP) is 1.81. The van der Waals surface area contributed by atoms with Crippen LogP contribution in [0.25, 0.3) is 0 Å². The molecule has 2 aliphatic heterocycles. The Morgan fingerprint density at radius 1 is 1.28 bits per heavy atom. The molecule has 134 valence electrons. The normalized spacial score (nSPS) is 41.1. The van der Waals surface area contributed by atoms with Gasteiger partial charge in [0, 0.05) is 17.4 Å². The van der Waals surface area contributed by atoms with E-state index in [4.69, 9.17) is 14.2 Å². The Labute approximate surface area is 146 Å². The Bertz CT molecular complexity index is 807. The number of hydrogen-bond donors (Lipinski definition) is 2. The van der Waals surface area contributed by atoms with Gasteiger partial charge in [-0.05, 0) is 44.1 Å². The fourth-order valence-electron chi connectivity index (χ4n) is 6.10. The number of fused-ring (bicyclic) bond motifs is 3. The fraction of sp³-hybridized carbons (Fsp3) is 0.579. The number of nitrogens with zero attached hydrogens (tertiary/aromatic N) is 1. The molecule has 2 N–H and O–H groups in total. The number of phenols is 1. The van der Waals surface area contributed by atoms with Crippen LogP contribution in [0.3, 0.4) is 0 Å². The lowest BCUT2D eigenvalue weighted by molar-refractivity contribution is -0.242. The van der Waals surface area contributed by atoms with Crippen molar-refractivity contribution in [1.29, 1.82) is 0 Å². The SMILES string of the molecule is COC1=CC[C@]23CCN(C)[C@@]24C[C@@H](O[C@]14O)c1ccc(OC)c(O)c13. The average Bonchev–Trinajstić information content (AvgIpc) is 3.08. The van der Waals surface area contributed by atoms with Crippen molar-refractivity contribution in [1.82, 2.24) is 4.90 Å². The largest absolute Gasteiger partial charge is 0.504 e. The second-order valence-corrected chi connectivity index (χ2v) is 7.63. The number of methoxy groups -OCH3 is 2. The second-order valence-electron chi connectivity index (χ2n) is 7.63. The highest BCUT2D eigenvalue weighted by atomic mass is 16.7. The van der Waals surface area contributed by atoms with E-state index in [0.717, 1.165) is 24.1 Å². The van der Waals surface area contributed by atoms with Gasteiger partial charge in [-0.15, -0.1) is 0 Å². The number of allylic oxidation sites excluding steroid dienone is 1. The van der Waals surface area contributed by atoms with Crippen LogP contribution in [0, 0.1) is 0 Å². The van der Waals surface area contributed by atoms with Crippen LogP contribution in [0.2, 0.25) is 0 Å². The summed E-state index contributed by atoms with van der Waals surface area (Å²) in [7, 11) is 5.16. The van der Waals surface area contributed by atoms with Gasteiger partial charge in [0.1, 0.15) is 0 Å². The summed E-state index contributed by atoms with van der Waals surface area (Å²) in [5, 5.41) is 22.7. The van der Waals surface area contributed by atoms with Crippen LogP contribution in [0.4, 0.5) is 0 Å². The zero-order valence-corrected chi connectivity index (χ0v) is 14.7. The van der Waals surface area contributed by atoms with E-state index in [9.17, 15) is 10.2 Å². The first-order valence-electron chi connectivity index (χ1n) is 8.71. The molecule has 2 saturated heterocycles. The number of likely N-dealkylation sites (tertiary alicyclic amines) is 1. The molecule has 2 fully saturated rings. The molecule has 6 nitrogen and oxygen atoms in total. The summed E-state index contributed by atoms with van der Waals surface area (Å²) in [5.41, 5.74) is 0.738. The monoisotopic (exact) mass is 345 g/mol. The maximum absolute atomic E-state index is 11.7. The molecule has 0 amide bonds. The first-order valence-corrected chi connectivity index (χ1v) is 8.71. The molecule has 2 aliphatic carbocycles. The van der Waals surface area contributed by atoms with Gasteiger partial charge in [0.2, 0.25) is 5.79 Å². The van der Waals surface area contributed by atoms with Crippen molar-refractivity contribution < 1.29 is 24.4 Å². The Morgan fingerprint density at radius 3 is 2.80 bits per heavy atom. The van der Waals surface area contributed by atoms with Crippen molar-refractivity contribution in [2.45, 2.75) is 42.1 Å². The number of benzene rings is 1. The van der Waals surface area contributed by atoms with E-state index in [1.54, 1.807) is 20.3 Å². The van der Waals surface area contributed by atoms with E-state index >= 15 is 0 Å². The van der Waals surface area contributed by atoms with Gasteiger partial charge in [-0.25, -0.2) is 0 Å². The van der Waals surface area contributed by atoms with Crippen molar-refractivity contribution in [2.75, 3.05) is 27.8 Å². The summed E-state index contributed by atoms with van der Waals surface area (Å²) >= 11 is 0. The van der Waals surface area contributed by atoms with Crippen molar-refractivity contribution in [2.24, 2.45) is 0 Å². The standard InChI is InChI=1S/C19H23NO5/c1-20-9-8-17-7-6-14(24-3)19(22)18(17,20)10-13(25-19)11-4-5-12(23-2)16(21)15(11)17/h4-6,13,21-22H,7-10H2,1-3H3/t13-,17-,18+,19-/m1/s1. The van der Waals surface area contributed by atoms with Crippen LogP contribution in [0.1, 0.15) is 36.5 Å². The summed E-state index contributed by atoms with van der Waals surface area (Å²) in [6.45, 7) is 0.819. The third kappa shape index (κ3) is 1.38. The summed E-state index contributed by atoms with van der Waals surface area (Å²) in [4.78, 5) is 2.20. The molecule has 1 aromatic carbocycles. The predicted molar refractivity (Wildman–Crippen MR) is 89.4 cm³/mol. The molecular weight excluding hydrogens is 322 g/mol. The van der Waals surface area contributed by atoms with E-state index in [1.807, 2.05) is 19.2 Å². The molecule has 4 aliphatic rings.